The molecule has 0 saturated heterocycles. The average Bonchev–Trinajstić information content (AvgIpc) is 2.74. The lowest BCUT2D eigenvalue weighted by molar-refractivity contribution is -0.136. The minimum atomic E-state index is -0.657. The Kier molecular flexibility index (Phi) is 4.88. The number of ether oxygens (including phenoxy) is 1. The third-order valence-corrected chi connectivity index (χ3v) is 5.30. The predicted octanol–water partition coefficient (Wildman–Crippen LogP) is 3.17. The molecule has 1 aromatic heterocycles. The maximum atomic E-state index is 13.5. The van der Waals surface area contributed by atoms with Crippen molar-refractivity contribution in [3.8, 4) is 0 Å². The van der Waals surface area contributed by atoms with Crippen molar-refractivity contribution in [2.45, 2.75) is 25.2 Å². The summed E-state index contributed by atoms with van der Waals surface area (Å²) < 4.78 is 18.5. The van der Waals surface area contributed by atoms with Gasteiger partial charge in [0.05, 0.1) is 18.6 Å². The number of hydrogen-bond donors (Lipinski definition) is 1. The summed E-state index contributed by atoms with van der Waals surface area (Å²) in [4.78, 5) is 31.6. The van der Waals surface area contributed by atoms with Crippen molar-refractivity contribution in [3.05, 3.63) is 82.8 Å². The van der Waals surface area contributed by atoms with E-state index in [2.05, 4.69) is 4.98 Å². The van der Waals surface area contributed by atoms with E-state index in [0.29, 0.717) is 36.1 Å². The molecule has 6 nitrogen and oxygen atoms in total. The number of hydrogen-bond acceptors (Lipinski definition) is 6. The Morgan fingerprint density at radius 2 is 2.00 bits per heavy atom. The Labute approximate surface area is 167 Å². The first-order valence-electron chi connectivity index (χ1n) is 9.32. The standard InChI is InChI=1S/C22H20FN3O3/c1-29-22(28)20-18(13-4-3-11-25-12-13)19-16(5-2-6-17(19)27)26(21(20)24)15-9-7-14(23)8-10-15/h3-4,7-12,18H,2,5-6,24H2,1H3/t18-/m0/s1. The molecular weight excluding hydrogens is 373 g/mol. The summed E-state index contributed by atoms with van der Waals surface area (Å²) in [6, 6.07) is 9.35. The number of carbonyl (C=O) groups is 2. The van der Waals surface area contributed by atoms with Crippen molar-refractivity contribution >= 4 is 17.4 Å². The lowest BCUT2D eigenvalue weighted by atomic mass is 9.75. The van der Waals surface area contributed by atoms with Gasteiger partial charge >= 0.3 is 5.97 Å². The number of halogens is 1. The number of allylic oxidation sites excluding steroid dienone is 2. The van der Waals surface area contributed by atoms with Crippen LogP contribution < -0.4 is 10.6 Å². The molecule has 2 heterocycles. The average molecular weight is 393 g/mol. The minimum Gasteiger partial charge on any atom is -0.466 e. The number of anilines is 1. The third kappa shape index (κ3) is 3.18. The summed E-state index contributed by atoms with van der Waals surface area (Å²) >= 11 is 0. The zero-order chi connectivity index (χ0) is 20.5. The van der Waals surface area contributed by atoms with Crippen LogP contribution in [0.4, 0.5) is 10.1 Å². The second-order valence-electron chi connectivity index (χ2n) is 6.96. The first kappa shape index (κ1) is 18.9. The van der Waals surface area contributed by atoms with Gasteiger partial charge in [-0.2, -0.15) is 0 Å². The van der Waals surface area contributed by atoms with Gasteiger partial charge in [-0.25, -0.2) is 9.18 Å². The SMILES string of the molecule is COC(=O)C1=C(N)N(c2ccc(F)cc2)C2=C(C(=O)CCC2)[C@@H]1c1cccnc1. The Morgan fingerprint density at radius 3 is 2.66 bits per heavy atom. The van der Waals surface area contributed by atoms with Gasteiger partial charge in [0.15, 0.2) is 5.78 Å². The molecule has 2 N–H and O–H groups in total. The molecule has 4 rings (SSSR count). The molecule has 0 unspecified atom stereocenters. The summed E-state index contributed by atoms with van der Waals surface area (Å²) in [6.45, 7) is 0. The van der Waals surface area contributed by atoms with Crippen LogP contribution in [0.2, 0.25) is 0 Å². The highest BCUT2D eigenvalue weighted by molar-refractivity contribution is 6.05. The summed E-state index contributed by atoms with van der Waals surface area (Å²) in [6.07, 6.45) is 4.93. The van der Waals surface area contributed by atoms with Crippen LogP contribution in [0.5, 0.6) is 0 Å². The molecule has 2 aliphatic rings. The molecule has 0 amide bonds. The number of Topliss-reactive ketones (excluding diaryl/α,β-unsaturated/α-hetero) is 1. The molecule has 148 valence electrons. The fraction of sp³-hybridized carbons (Fsp3) is 0.227. The molecule has 0 radical (unpaired) electrons. The smallest absolute Gasteiger partial charge is 0.338 e. The second kappa shape index (κ2) is 7.50. The predicted molar refractivity (Wildman–Crippen MR) is 105 cm³/mol. The minimum absolute atomic E-state index is 0.0406. The number of ketones is 1. The first-order valence-corrected chi connectivity index (χ1v) is 9.32. The fourth-order valence-corrected chi connectivity index (χ4v) is 4.06. The second-order valence-corrected chi connectivity index (χ2v) is 6.96. The lowest BCUT2D eigenvalue weighted by Crippen LogP contribution is -2.40. The quantitative estimate of drug-likeness (QED) is 0.807. The highest BCUT2D eigenvalue weighted by atomic mass is 19.1. The van der Waals surface area contributed by atoms with Crippen LogP contribution in [0.3, 0.4) is 0 Å². The van der Waals surface area contributed by atoms with Crippen LogP contribution in [0.1, 0.15) is 30.7 Å². The Morgan fingerprint density at radius 1 is 1.24 bits per heavy atom. The molecule has 7 heteroatoms. The van der Waals surface area contributed by atoms with Crippen LogP contribution in [0.15, 0.2) is 71.5 Å². The van der Waals surface area contributed by atoms with E-state index >= 15 is 0 Å². The summed E-state index contributed by atoms with van der Waals surface area (Å²) in [5.41, 5.74) is 9.19. The van der Waals surface area contributed by atoms with E-state index in [4.69, 9.17) is 10.5 Å². The van der Waals surface area contributed by atoms with Crippen LogP contribution >= 0.6 is 0 Å². The molecule has 1 aromatic carbocycles. The van der Waals surface area contributed by atoms with Crippen molar-refractivity contribution in [3.63, 3.8) is 0 Å². The molecule has 0 spiro atoms. The molecule has 29 heavy (non-hydrogen) atoms. The highest BCUT2D eigenvalue weighted by Gasteiger charge is 2.43. The Bertz CT molecular complexity index is 1030. The molecule has 1 atom stereocenters. The number of pyridine rings is 1. The molecule has 1 aliphatic carbocycles. The van der Waals surface area contributed by atoms with Gasteiger partial charge in [-0.1, -0.05) is 6.07 Å². The number of benzene rings is 1. The highest BCUT2D eigenvalue weighted by Crippen LogP contribution is 2.46. The van der Waals surface area contributed by atoms with Gasteiger partial charge in [0.1, 0.15) is 11.6 Å². The van der Waals surface area contributed by atoms with Crippen LogP contribution in [0, 0.1) is 5.82 Å². The van der Waals surface area contributed by atoms with E-state index in [1.807, 2.05) is 6.07 Å². The van der Waals surface area contributed by atoms with E-state index in [0.717, 1.165) is 5.70 Å². The van der Waals surface area contributed by atoms with Gasteiger partial charge in [-0.15, -0.1) is 0 Å². The van der Waals surface area contributed by atoms with Crippen molar-refractivity contribution < 1.29 is 18.7 Å². The van der Waals surface area contributed by atoms with Crippen molar-refractivity contribution in [2.75, 3.05) is 12.0 Å². The van der Waals surface area contributed by atoms with E-state index in [9.17, 15) is 14.0 Å². The summed E-state index contributed by atoms with van der Waals surface area (Å²) in [5.74, 6) is -1.53. The number of carbonyl (C=O) groups excluding carboxylic acids is 2. The fourth-order valence-electron chi connectivity index (χ4n) is 4.06. The first-order chi connectivity index (χ1) is 14.0. The number of esters is 1. The van der Waals surface area contributed by atoms with Crippen molar-refractivity contribution in [1.29, 1.82) is 0 Å². The van der Waals surface area contributed by atoms with Crippen LogP contribution in [0.25, 0.3) is 0 Å². The van der Waals surface area contributed by atoms with Crippen molar-refractivity contribution in [2.24, 2.45) is 5.73 Å². The lowest BCUT2D eigenvalue weighted by Gasteiger charge is -2.40. The number of methoxy groups -OCH3 is 1. The van der Waals surface area contributed by atoms with E-state index in [-0.39, 0.29) is 23.0 Å². The molecule has 0 saturated carbocycles. The zero-order valence-electron chi connectivity index (χ0n) is 15.9. The molecule has 2 aromatic rings. The molecule has 0 bridgehead atoms. The topological polar surface area (TPSA) is 85.5 Å². The Balaban J connectivity index is 1.99. The summed E-state index contributed by atoms with van der Waals surface area (Å²) in [7, 11) is 1.28. The zero-order valence-corrected chi connectivity index (χ0v) is 15.9. The van der Waals surface area contributed by atoms with Gasteiger partial charge < -0.3 is 10.5 Å². The van der Waals surface area contributed by atoms with Crippen LogP contribution in [-0.2, 0) is 14.3 Å². The monoisotopic (exact) mass is 393 g/mol. The maximum absolute atomic E-state index is 13.5. The van der Waals surface area contributed by atoms with E-state index in [1.165, 1.54) is 19.2 Å². The normalized spacial score (nSPS) is 19.3. The van der Waals surface area contributed by atoms with Gasteiger partial charge in [0.2, 0.25) is 0 Å². The maximum Gasteiger partial charge on any atom is 0.338 e. The van der Waals surface area contributed by atoms with Gasteiger partial charge in [-0.3, -0.25) is 14.7 Å². The molecular formula is C22H20FN3O3. The number of rotatable bonds is 3. The largest absolute Gasteiger partial charge is 0.466 e. The summed E-state index contributed by atoms with van der Waals surface area (Å²) in [5, 5.41) is 0. The van der Waals surface area contributed by atoms with Gasteiger partial charge in [0.25, 0.3) is 0 Å². The van der Waals surface area contributed by atoms with E-state index in [1.54, 1.807) is 35.5 Å². The Hall–Kier alpha value is -3.48. The molecule has 0 fully saturated rings. The molecule has 1 aliphatic heterocycles. The van der Waals surface area contributed by atoms with E-state index < -0.39 is 11.9 Å². The number of aromatic nitrogens is 1. The number of nitrogens with two attached hydrogens (primary N) is 1. The number of nitrogens with zero attached hydrogens (tertiary/aromatic N) is 2. The van der Waals surface area contributed by atoms with Crippen LogP contribution in [-0.4, -0.2) is 23.8 Å². The van der Waals surface area contributed by atoms with Gasteiger partial charge in [-0.05, 0) is 48.7 Å². The van der Waals surface area contributed by atoms with Gasteiger partial charge in [0, 0.05) is 35.8 Å². The van der Waals surface area contributed by atoms with Crippen molar-refractivity contribution in [1.82, 2.24) is 4.98 Å². The third-order valence-electron chi connectivity index (χ3n) is 5.30.